The Morgan fingerprint density at radius 3 is 2.29 bits per heavy atom. The maximum Gasteiger partial charge on any atom is 0.407 e. The van der Waals surface area contributed by atoms with Crippen molar-refractivity contribution < 1.29 is 29.0 Å². The predicted octanol–water partition coefficient (Wildman–Crippen LogP) is 3.30. The van der Waals surface area contributed by atoms with Gasteiger partial charge in [0.1, 0.15) is 6.61 Å². The molecule has 2 aromatic carbocycles. The molecule has 34 heavy (non-hydrogen) atoms. The summed E-state index contributed by atoms with van der Waals surface area (Å²) in [4.78, 5) is 35.6. The number of amides is 2. The van der Waals surface area contributed by atoms with Gasteiger partial charge in [0, 0.05) is 18.5 Å². The number of rotatable bonds is 10. The highest BCUT2D eigenvalue weighted by Crippen LogP contribution is 2.44. The molecule has 2 amide bonds. The van der Waals surface area contributed by atoms with Crippen LogP contribution in [0.25, 0.3) is 11.1 Å². The molecule has 1 fully saturated rings. The molecule has 2 aromatic rings. The number of benzene rings is 2. The van der Waals surface area contributed by atoms with Crippen LogP contribution in [0.3, 0.4) is 0 Å². The summed E-state index contributed by atoms with van der Waals surface area (Å²) in [6.07, 6.45) is 1.69. The topological polar surface area (TPSA) is 114 Å². The molecular formula is C26H30N2O6. The number of carbonyl (C=O) groups is 3. The molecule has 8 heteroatoms. The van der Waals surface area contributed by atoms with Crippen LogP contribution in [0.5, 0.6) is 0 Å². The molecule has 0 bridgehead atoms. The van der Waals surface area contributed by atoms with E-state index in [0.717, 1.165) is 24.0 Å². The molecule has 2 aliphatic carbocycles. The Morgan fingerprint density at radius 1 is 0.941 bits per heavy atom. The zero-order valence-corrected chi connectivity index (χ0v) is 19.0. The molecule has 180 valence electrons. The van der Waals surface area contributed by atoms with Crippen LogP contribution in [0, 0.1) is 5.92 Å². The van der Waals surface area contributed by atoms with Crippen molar-refractivity contribution in [3.8, 4) is 11.1 Å². The minimum Gasteiger partial charge on any atom is -0.481 e. The van der Waals surface area contributed by atoms with Gasteiger partial charge in [-0.1, -0.05) is 55.0 Å². The summed E-state index contributed by atoms with van der Waals surface area (Å²) in [6.45, 7) is 0.889. The summed E-state index contributed by atoms with van der Waals surface area (Å²) in [5, 5.41) is 14.3. The first kappa shape index (κ1) is 23.8. The van der Waals surface area contributed by atoms with E-state index in [4.69, 9.17) is 14.6 Å². The number of aliphatic carboxylic acids is 1. The molecule has 3 N–H and O–H groups in total. The van der Waals surface area contributed by atoms with Gasteiger partial charge in [-0.05, 0) is 35.1 Å². The molecule has 2 atom stereocenters. The molecule has 0 heterocycles. The molecular weight excluding hydrogens is 436 g/mol. The van der Waals surface area contributed by atoms with Gasteiger partial charge in [-0.3, -0.25) is 9.59 Å². The van der Waals surface area contributed by atoms with Crippen molar-refractivity contribution in [1.29, 1.82) is 0 Å². The normalized spacial score (nSPS) is 18.7. The van der Waals surface area contributed by atoms with Gasteiger partial charge in [0.05, 0.1) is 25.6 Å². The number of carbonyl (C=O) groups excluding carboxylic acids is 2. The minimum atomic E-state index is -0.919. The quantitative estimate of drug-likeness (QED) is 0.463. The molecule has 4 rings (SSSR count). The van der Waals surface area contributed by atoms with Crippen molar-refractivity contribution in [3.63, 3.8) is 0 Å². The number of ether oxygens (including phenoxy) is 2. The van der Waals surface area contributed by atoms with Crippen molar-refractivity contribution in [3.05, 3.63) is 59.7 Å². The highest BCUT2D eigenvalue weighted by atomic mass is 16.5. The Balaban J connectivity index is 1.25. The fourth-order valence-corrected chi connectivity index (χ4v) is 4.88. The zero-order valence-electron chi connectivity index (χ0n) is 19.0. The number of nitrogens with one attached hydrogen (secondary N) is 2. The number of fused-ring (bicyclic) bond motifs is 3. The van der Waals surface area contributed by atoms with Gasteiger partial charge in [-0.25, -0.2) is 4.79 Å². The van der Waals surface area contributed by atoms with E-state index >= 15 is 0 Å². The summed E-state index contributed by atoms with van der Waals surface area (Å²) in [7, 11) is 0. The van der Waals surface area contributed by atoms with Crippen LogP contribution in [-0.2, 0) is 19.1 Å². The third-order valence-electron chi connectivity index (χ3n) is 6.51. The molecule has 0 saturated heterocycles. The summed E-state index contributed by atoms with van der Waals surface area (Å²) in [5.74, 6) is -1.39. The van der Waals surface area contributed by atoms with E-state index in [1.54, 1.807) is 0 Å². The van der Waals surface area contributed by atoms with Crippen LogP contribution in [-0.4, -0.2) is 55.5 Å². The van der Waals surface area contributed by atoms with E-state index < -0.39 is 12.1 Å². The average Bonchev–Trinajstić information content (AvgIpc) is 3.42. The van der Waals surface area contributed by atoms with Gasteiger partial charge in [-0.2, -0.15) is 0 Å². The van der Waals surface area contributed by atoms with Gasteiger partial charge < -0.3 is 25.2 Å². The van der Waals surface area contributed by atoms with Crippen LogP contribution in [0.4, 0.5) is 4.79 Å². The molecule has 8 nitrogen and oxygen atoms in total. The molecule has 0 radical (unpaired) electrons. The standard InChI is InChI=1S/C26H30N2O6/c29-24(30)12-14-33-15-13-27-25(31)21-10-5-11-23(21)28-26(32)34-16-22-19-8-3-1-6-17(19)18-7-2-4-9-20(18)22/h1-4,6-9,21-23H,5,10-16H2,(H,27,31)(H,28,32)(H,29,30). The smallest absolute Gasteiger partial charge is 0.407 e. The number of carboxylic acid groups (broad SMARTS) is 1. The highest BCUT2D eigenvalue weighted by Gasteiger charge is 2.35. The second-order valence-corrected chi connectivity index (χ2v) is 8.66. The predicted molar refractivity (Wildman–Crippen MR) is 125 cm³/mol. The van der Waals surface area contributed by atoms with E-state index in [0.29, 0.717) is 13.0 Å². The van der Waals surface area contributed by atoms with Crippen molar-refractivity contribution in [2.75, 3.05) is 26.4 Å². The first-order valence-corrected chi connectivity index (χ1v) is 11.7. The number of hydrogen-bond acceptors (Lipinski definition) is 5. The lowest BCUT2D eigenvalue weighted by atomic mass is 9.98. The lowest BCUT2D eigenvalue weighted by molar-refractivity contribution is -0.138. The van der Waals surface area contributed by atoms with Gasteiger partial charge in [0.15, 0.2) is 0 Å². The molecule has 1 saturated carbocycles. The van der Waals surface area contributed by atoms with E-state index in [2.05, 4.69) is 34.9 Å². The second kappa shape index (κ2) is 11.2. The van der Waals surface area contributed by atoms with E-state index in [9.17, 15) is 14.4 Å². The van der Waals surface area contributed by atoms with Gasteiger partial charge in [-0.15, -0.1) is 0 Å². The van der Waals surface area contributed by atoms with Gasteiger partial charge in [0.25, 0.3) is 0 Å². The zero-order chi connectivity index (χ0) is 23.9. The van der Waals surface area contributed by atoms with Crippen LogP contribution < -0.4 is 10.6 Å². The first-order valence-electron chi connectivity index (χ1n) is 11.7. The Hall–Kier alpha value is -3.39. The second-order valence-electron chi connectivity index (χ2n) is 8.66. The van der Waals surface area contributed by atoms with Crippen LogP contribution >= 0.6 is 0 Å². The van der Waals surface area contributed by atoms with Gasteiger partial charge in [0.2, 0.25) is 5.91 Å². The lowest BCUT2D eigenvalue weighted by Crippen LogP contribution is -2.45. The first-order chi connectivity index (χ1) is 16.5. The third kappa shape index (κ3) is 5.56. The SMILES string of the molecule is O=C(O)CCOCCNC(=O)C1CCCC1NC(=O)OCC1c2ccccc2-c2ccccc21. The summed E-state index contributed by atoms with van der Waals surface area (Å²) < 4.78 is 10.8. The summed E-state index contributed by atoms with van der Waals surface area (Å²) >= 11 is 0. The largest absolute Gasteiger partial charge is 0.481 e. The van der Waals surface area contributed by atoms with Crippen LogP contribution in [0.1, 0.15) is 42.7 Å². The summed E-state index contributed by atoms with van der Waals surface area (Å²) in [6, 6.07) is 16.1. The Labute approximate surface area is 198 Å². The van der Waals surface area contributed by atoms with Gasteiger partial charge >= 0.3 is 12.1 Å². The van der Waals surface area contributed by atoms with Crippen LogP contribution in [0.2, 0.25) is 0 Å². The highest BCUT2D eigenvalue weighted by molar-refractivity contribution is 5.81. The maximum absolute atomic E-state index is 12.6. The van der Waals surface area contributed by atoms with Crippen molar-refractivity contribution in [2.45, 2.75) is 37.6 Å². The number of carboxylic acids is 1. The molecule has 2 aliphatic rings. The van der Waals surface area contributed by atoms with Crippen molar-refractivity contribution in [1.82, 2.24) is 10.6 Å². The third-order valence-corrected chi connectivity index (χ3v) is 6.51. The molecule has 0 aromatic heterocycles. The van der Waals surface area contributed by atoms with E-state index in [-0.39, 0.29) is 50.0 Å². The van der Waals surface area contributed by atoms with Crippen molar-refractivity contribution >= 4 is 18.0 Å². The van der Waals surface area contributed by atoms with E-state index in [1.165, 1.54) is 11.1 Å². The monoisotopic (exact) mass is 466 g/mol. The Bertz CT molecular complexity index is 994. The Kier molecular flexibility index (Phi) is 7.80. The Morgan fingerprint density at radius 2 is 1.62 bits per heavy atom. The fourth-order valence-electron chi connectivity index (χ4n) is 4.88. The lowest BCUT2D eigenvalue weighted by Gasteiger charge is -2.21. The molecule has 0 spiro atoms. The minimum absolute atomic E-state index is 0.0121. The fraction of sp³-hybridized carbons (Fsp3) is 0.423. The molecule has 0 aliphatic heterocycles. The number of alkyl carbamates (subject to hydrolysis) is 1. The van der Waals surface area contributed by atoms with Crippen molar-refractivity contribution in [2.24, 2.45) is 5.92 Å². The molecule has 2 unspecified atom stereocenters. The average molecular weight is 467 g/mol. The maximum atomic E-state index is 12.6. The number of hydrogen-bond donors (Lipinski definition) is 3. The van der Waals surface area contributed by atoms with Crippen LogP contribution in [0.15, 0.2) is 48.5 Å². The van der Waals surface area contributed by atoms with E-state index in [1.807, 2.05) is 24.3 Å². The summed E-state index contributed by atoms with van der Waals surface area (Å²) in [5.41, 5.74) is 4.65.